The molecule has 1 N–H and O–H groups in total. The van der Waals surface area contributed by atoms with E-state index < -0.39 is 5.97 Å². The number of anilines is 1. The molecule has 1 amide bonds. The number of rotatable bonds is 7. The Morgan fingerprint density at radius 1 is 1.30 bits per heavy atom. The minimum Gasteiger partial charge on any atom is -0.481 e. The molecule has 0 unspecified atom stereocenters. The van der Waals surface area contributed by atoms with E-state index >= 15 is 0 Å². The Balaban J connectivity index is 2.96. The third kappa shape index (κ3) is 4.85. The molecule has 4 nitrogen and oxygen atoms in total. The van der Waals surface area contributed by atoms with Crippen molar-refractivity contribution in [1.82, 2.24) is 0 Å². The Morgan fingerprint density at radius 2 is 2.00 bits per heavy atom. The van der Waals surface area contributed by atoms with Crippen molar-refractivity contribution < 1.29 is 14.7 Å². The van der Waals surface area contributed by atoms with Crippen LogP contribution in [0, 0.1) is 6.92 Å². The lowest BCUT2D eigenvalue weighted by Gasteiger charge is -2.24. The summed E-state index contributed by atoms with van der Waals surface area (Å²) < 4.78 is 0. The Morgan fingerprint density at radius 3 is 2.55 bits per heavy atom. The van der Waals surface area contributed by atoms with Crippen LogP contribution in [0.15, 0.2) is 18.2 Å². The van der Waals surface area contributed by atoms with Gasteiger partial charge in [0, 0.05) is 23.7 Å². The number of aliphatic carboxylic acids is 1. The predicted molar refractivity (Wildman–Crippen MR) is 80.3 cm³/mol. The van der Waals surface area contributed by atoms with Crippen LogP contribution in [-0.4, -0.2) is 23.5 Å². The first-order valence-corrected chi connectivity index (χ1v) is 7.11. The van der Waals surface area contributed by atoms with E-state index in [1.54, 1.807) is 23.1 Å². The molecule has 0 atom stereocenters. The van der Waals surface area contributed by atoms with Crippen LogP contribution in [0.2, 0.25) is 5.02 Å². The predicted octanol–water partition coefficient (Wildman–Crippen LogP) is 3.65. The standard InChI is InChI=1S/C15H20ClNO3/c1-3-4-5-14(18)17(9-8-15(19)20)13-7-6-12(16)10-11(13)2/h6-7,10H,3-5,8-9H2,1-2H3,(H,19,20). The van der Waals surface area contributed by atoms with Gasteiger partial charge in [-0.25, -0.2) is 0 Å². The van der Waals surface area contributed by atoms with Crippen molar-refractivity contribution in [3.8, 4) is 0 Å². The molecule has 0 bridgehead atoms. The van der Waals surface area contributed by atoms with E-state index in [9.17, 15) is 9.59 Å². The number of carboxylic acid groups (broad SMARTS) is 1. The number of carbonyl (C=O) groups excluding carboxylic acids is 1. The number of carboxylic acids is 1. The number of nitrogens with zero attached hydrogens (tertiary/aromatic N) is 1. The Labute approximate surface area is 124 Å². The van der Waals surface area contributed by atoms with Crippen LogP contribution >= 0.6 is 11.6 Å². The van der Waals surface area contributed by atoms with Crippen LogP contribution in [0.5, 0.6) is 0 Å². The van der Waals surface area contributed by atoms with Crippen molar-refractivity contribution in [2.45, 2.75) is 39.5 Å². The summed E-state index contributed by atoms with van der Waals surface area (Å²) >= 11 is 5.91. The zero-order chi connectivity index (χ0) is 15.1. The molecule has 0 saturated heterocycles. The summed E-state index contributed by atoms with van der Waals surface area (Å²) in [5.74, 6) is -0.955. The van der Waals surface area contributed by atoms with Crippen LogP contribution in [0.1, 0.15) is 38.2 Å². The Hall–Kier alpha value is -1.55. The average molecular weight is 298 g/mol. The van der Waals surface area contributed by atoms with E-state index in [4.69, 9.17) is 16.7 Å². The van der Waals surface area contributed by atoms with Gasteiger partial charge in [0.25, 0.3) is 0 Å². The first kappa shape index (κ1) is 16.5. The van der Waals surface area contributed by atoms with Crippen molar-refractivity contribution in [3.63, 3.8) is 0 Å². The van der Waals surface area contributed by atoms with Gasteiger partial charge in [0.1, 0.15) is 0 Å². The summed E-state index contributed by atoms with van der Waals surface area (Å²) in [7, 11) is 0. The van der Waals surface area contributed by atoms with Crippen molar-refractivity contribution in [1.29, 1.82) is 0 Å². The van der Waals surface area contributed by atoms with E-state index in [1.165, 1.54) is 0 Å². The molecule has 5 heteroatoms. The van der Waals surface area contributed by atoms with Crippen molar-refractivity contribution in [3.05, 3.63) is 28.8 Å². The molecule has 110 valence electrons. The van der Waals surface area contributed by atoms with Gasteiger partial charge >= 0.3 is 5.97 Å². The summed E-state index contributed by atoms with van der Waals surface area (Å²) in [4.78, 5) is 24.6. The SMILES string of the molecule is CCCCC(=O)N(CCC(=O)O)c1ccc(Cl)cc1C. The van der Waals surface area contributed by atoms with Gasteiger partial charge in [-0.2, -0.15) is 0 Å². The molecular weight excluding hydrogens is 278 g/mol. The van der Waals surface area contributed by atoms with E-state index in [0.717, 1.165) is 24.1 Å². The zero-order valence-corrected chi connectivity index (χ0v) is 12.6. The van der Waals surface area contributed by atoms with Crippen molar-refractivity contribution >= 4 is 29.2 Å². The van der Waals surface area contributed by atoms with Gasteiger partial charge < -0.3 is 10.0 Å². The highest BCUT2D eigenvalue weighted by molar-refractivity contribution is 6.30. The van der Waals surface area contributed by atoms with Gasteiger partial charge in [-0.05, 0) is 37.1 Å². The van der Waals surface area contributed by atoms with Gasteiger partial charge in [-0.1, -0.05) is 24.9 Å². The van der Waals surface area contributed by atoms with Gasteiger partial charge in [0.05, 0.1) is 6.42 Å². The highest BCUT2D eigenvalue weighted by Crippen LogP contribution is 2.24. The second kappa shape index (κ2) is 7.90. The molecule has 0 aliphatic heterocycles. The second-order valence-corrected chi connectivity index (χ2v) is 5.16. The number of unbranched alkanes of at least 4 members (excludes halogenated alkanes) is 1. The lowest BCUT2D eigenvalue weighted by molar-refractivity contribution is -0.136. The highest BCUT2D eigenvalue weighted by Gasteiger charge is 2.18. The van der Waals surface area contributed by atoms with Crippen LogP contribution in [-0.2, 0) is 9.59 Å². The molecule has 1 aromatic carbocycles. The monoisotopic (exact) mass is 297 g/mol. The number of hydrogen-bond donors (Lipinski definition) is 1. The quantitative estimate of drug-likeness (QED) is 0.836. The Bertz CT molecular complexity index is 488. The molecule has 0 aliphatic carbocycles. The number of halogens is 1. The zero-order valence-electron chi connectivity index (χ0n) is 11.9. The number of aryl methyl sites for hydroxylation is 1. The summed E-state index contributed by atoms with van der Waals surface area (Å²) in [5, 5.41) is 9.42. The minimum absolute atomic E-state index is 0.0430. The maximum atomic E-state index is 12.3. The fourth-order valence-corrected chi connectivity index (χ4v) is 2.20. The summed E-state index contributed by atoms with van der Waals surface area (Å²) in [5.41, 5.74) is 1.60. The van der Waals surface area contributed by atoms with Gasteiger partial charge in [-0.15, -0.1) is 0 Å². The molecule has 20 heavy (non-hydrogen) atoms. The third-order valence-corrected chi connectivity index (χ3v) is 3.28. The van der Waals surface area contributed by atoms with Crippen molar-refractivity contribution in [2.75, 3.05) is 11.4 Å². The fraction of sp³-hybridized carbons (Fsp3) is 0.467. The number of benzene rings is 1. The minimum atomic E-state index is -0.912. The van der Waals surface area contributed by atoms with Crippen LogP contribution < -0.4 is 4.90 Å². The molecule has 0 spiro atoms. The second-order valence-electron chi connectivity index (χ2n) is 4.72. The molecular formula is C15H20ClNO3. The molecule has 0 aromatic heterocycles. The highest BCUT2D eigenvalue weighted by atomic mass is 35.5. The first-order chi connectivity index (χ1) is 9.45. The molecule has 1 rings (SSSR count). The van der Waals surface area contributed by atoms with E-state index in [2.05, 4.69) is 0 Å². The smallest absolute Gasteiger partial charge is 0.305 e. The topological polar surface area (TPSA) is 57.6 Å². The van der Waals surface area contributed by atoms with E-state index in [1.807, 2.05) is 13.8 Å². The van der Waals surface area contributed by atoms with Gasteiger partial charge in [0.2, 0.25) is 5.91 Å². The van der Waals surface area contributed by atoms with Crippen molar-refractivity contribution in [2.24, 2.45) is 0 Å². The lowest BCUT2D eigenvalue weighted by Crippen LogP contribution is -2.33. The number of carbonyl (C=O) groups is 2. The van der Waals surface area contributed by atoms with E-state index in [0.29, 0.717) is 11.4 Å². The van der Waals surface area contributed by atoms with Gasteiger partial charge in [-0.3, -0.25) is 9.59 Å². The largest absolute Gasteiger partial charge is 0.481 e. The average Bonchev–Trinajstić information content (AvgIpc) is 2.38. The Kier molecular flexibility index (Phi) is 6.52. The van der Waals surface area contributed by atoms with Crippen LogP contribution in [0.25, 0.3) is 0 Å². The van der Waals surface area contributed by atoms with Crippen LogP contribution in [0.3, 0.4) is 0 Å². The van der Waals surface area contributed by atoms with E-state index in [-0.39, 0.29) is 18.9 Å². The molecule has 0 aliphatic rings. The molecule has 0 radical (unpaired) electrons. The maximum absolute atomic E-state index is 12.3. The van der Waals surface area contributed by atoms with Gasteiger partial charge in [0.15, 0.2) is 0 Å². The lowest BCUT2D eigenvalue weighted by atomic mass is 10.1. The summed E-state index contributed by atoms with van der Waals surface area (Å²) in [6.07, 6.45) is 2.09. The molecule has 0 fully saturated rings. The maximum Gasteiger partial charge on any atom is 0.305 e. The number of amides is 1. The summed E-state index contributed by atoms with van der Waals surface area (Å²) in [6.45, 7) is 4.06. The first-order valence-electron chi connectivity index (χ1n) is 6.74. The normalized spacial score (nSPS) is 10.3. The summed E-state index contributed by atoms with van der Waals surface area (Å²) in [6, 6.07) is 5.26. The molecule has 1 aromatic rings. The molecule has 0 saturated carbocycles. The third-order valence-electron chi connectivity index (χ3n) is 3.04. The fourth-order valence-electron chi connectivity index (χ4n) is 1.97. The van der Waals surface area contributed by atoms with Crippen LogP contribution in [0.4, 0.5) is 5.69 Å². The number of hydrogen-bond acceptors (Lipinski definition) is 2. The molecule has 0 heterocycles.